The number of aliphatic hydroxyl groups excluding tert-OH is 1. The molecule has 2 N–H and O–H groups in total. The van der Waals surface area contributed by atoms with Gasteiger partial charge in [-0.1, -0.05) is 42.5 Å². The highest BCUT2D eigenvalue weighted by Crippen LogP contribution is 2.61. The Bertz CT molecular complexity index is 1790. The number of rotatable bonds is 10. The summed E-state index contributed by atoms with van der Waals surface area (Å²) in [6.45, 7) is 6.98. The number of fused-ring (bicyclic) bond motifs is 1. The first-order valence-corrected chi connectivity index (χ1v) is 18.4. The summed E-state index contributed by atoms with van der Waals surface area (Å²) in [5.41, 5.74) is 7.28. The van der Waals surface area contributed by atoms with Gasteiger partial charge in [-0.2, -0.15) is 9.61 Å². The van der Waals surface area contributed by atoms with Crippen LogP contribution in [0.15, 0.2) is 60.7 Å². The minimum Gasteiger partial charge on any atom is -0.395 e. The molecule has 9 nitrogen and oxygen atoms in total. The molecule has 4 aromatic rings. The van der Waals surface area contributed by atoms with Crippen molar-refractivity contribution in [3.8, 4) is 22.4 Å². The fourth-order valence-corrected chi connectivity index (χ4v) is 10.1. The molecule has 3 heterocycles. The van der Waals surface area contributed by atoms with Crippen LogP contribution in [0.5, 0.6) is 0 Å². The number of carbonyl (C=O) groups excluding carboxylic acids is 1. The predicted octanol–water partition coefficient (Wildman–Crippen LogP) is 5.73. The third-order valence-electron chi connectivity index (χ3n) is 12.1. The van der Waals surface area contributed by atoms with Crippen molar-refractivity contribution in [1.82, 2.24) is 29.3 Å². The van der Waals surface area contributed by atoms with Crippen LogP contribution in [0, 0.1) is 30.1 Å². The Balaban J connectivity index is 1.07. The van der Waals surface area contributed by atoms with E-state index in [0.717, 1.165) is 89.2 Å². The Morgan fingerprint density at radius 3 is 2.27 bits per heavy atom. The van der Waals surface area contributed by atoms with Crippen molar-refractivity contribution >= 4 is 23.1 Å². The summed E-state index contributed by atoms with van der Waals surface area (Å²) in [4.78, 5) is 23.5. The van der Waals surface area contributed by atoms with E-state index in [1.54, 1.807) is 0 Å². The van der Waals surface area contributed by atoms with Crippen LogP contribution in [0.2, 0.25) is 0 Å². The standard InChI is InChI=1S/C40H51N7O2/c1-28-38(32-8-5-4-6-9-32)39-42-35(22-37(46(39)43-28)45-14-12-44(13-15-45)16-17-48)33-10-7-11-34(21-33)47(2,3)27-41-36(49)26-40-23-29-18-30(24-40)20-31(19-29)25-40/h4-11,21-22,29-31,48H,12-20,23-27H2,1-3H3/p+1. The fraction of sp³-hybridized carbons (Fsp3) is 0.525. The van der Waals surface area contributed by atoms with Gasteiger partial charge in [0.05, 0.1) is 32.1 Å². The maximum Gasteiger partial charge on any atom is 0.224 e. The van der Waals surface area contributed by atoms with Gasteiger partial charge in [-0.05, 0) is 80.2 Å². The Labute approximate surface area is 290 Å². The summed E-state index contributed by atoms with van der Waals surface area (Å²) in [5.74, 6) is 3.81. The van der Waals surface area contributed by atoms with E-state index in [1.807, 2.05) is 10.6 Å². The van der Waals surface area contributed by atoms with E-state index >= 15 is 0 Å². The Morgan fingerprint density at radius 1 is 0.918 bits per heavy atom. The quantitative estimate of drug-likeness (QED) is 0.167. The highest BCUT2D eigenvalue weighted by molar-refractivity contribution is 5.83. The highest BCUT2D eigenvalue weighted by atomic mass is 16.3. The lowest BCUT2D eigenvalue weighted by molar-refractivity contribution is -0.129. The van der Waals surface area contributed by atoms with Crippen LogP contribution in [0.3, 0.4) is 0 Å². The molecule has 2 aromatic heterocycles. The number of aromatic nitrogens is 3. The first-order chi connectivity index (χ1) is 23.7. The van der Waals surface area contributed by atoms with E-state index in [0.29, 0.717) is 24.1 Å². The van der Waals surface area contributed by atoms with Gasteiger partial charge < -0.3 is 15.3 Å². The average Bonchev–Trinajstić information content (AvgIpc) is 3.43. The Kier molecular flexibility index (Phi) is 8.49. The third kappa shape index (κ3) is 6.37. The van der Waals surface area contributed by atoms with Gasteiger partial charge in [0.25, 0.3) is 0 Å². The van der Waals surface area contributed by atoms with Gasteiger partial charge in [0.2, 0.25) is 5.91 Å². The van der Waals surface area contributed by atoms with Crippen LogP contribution >= 0.6 is 0 Å². The molecule has 0 radical (unpaired) electrons. The molecule has 5 fully saturated rings. The lowest BCUT2D eigenvalue weighted by atomic mass is 9.49. The van der Waals surface area contributed by atoms with Crippen LogP contribution < -0.4 is 14.7 Å². The number of nitrogens with zero attached hydrogens (tertiary/aromatic N) is 6. The van der Waals surface area contributed by atoms with Crippen molar-refractivity contribution in [2.75, 3.05) is 65.0 Å². The second-order valence-corrected chi connectivity index (χ2v) is 16.2. The minimum absolute atomic E-state index is 0.180. The molecule has 9 heteroatoms. The van der Waals surface area contributed by atoms with Crippen LogP contribution in [0.25, 0.3) is 28.0 Å². The maximum absolute atomic E-state index is 13.5. The molecule has 258 valence electrons. The summed E-state index contributed by atoms with van der Waals surface area (Å²) in [5, 5.41) is 17.9. The minimum atomic E-state index is 0.180. The molecule has 1 saturated heterocycles. The van der Waals surface area contributed by atoms with Crippen molar-refractivity contribution in [3.63, 3.8) is 0 Å². The third-order valence-corrected chi connectivity index (χ3v) is 12.1. The number of hydrogen-bond acceptors (Lipinski definition) is 6. The average molecular weight is 663 g/mol. The molecule has 0 unspecified atom stereocenters. The molecule has 49 heavy (non-hydrogen) atoms. The zero-order valence-corrected chi connectivity index (χ0v) is 29.4. The number of carbonyl (C=O) groups is 1. The molecule has 5 aliphatic rings. The lowest BCUT2D eigenvalue weighted by Gasteiger charge is -2.56. The molecule has 4 saturated carbocycles. The van der Waals surface area contributed by atoms with Crippen molar-refractivity contribution in [1.29, 1.82) is 0 Å². The van der Waals surface area contributed by atoms with Gasteiger partial charge >= 0.3 is 0 Å². The number of quaternary nitrogens is 1. The number of aryl methyl sites for hydroxylation is 1. The second kappa shape index (κ2) is 12.8. The van der Waals surface area contributed by atoms with Crippen molar-refractivity contribution in [3.05, 3.63) is 66.4 Å². The van der Waals surface area contributed by atoms with Crippen LogP contribution in [0.1, 0.15) is 50.6 Å². The second-order valence-electron chi connectivity index (χ2n) is 16.2. The number of piperazine rings is 1. The van der Waals surface area contributed by atoms with E-state index in [1.165, 1.54) is 38.5 Å². The Morgan fingerprint density at radius 2 is 1.59 bits per heavy atom. The molecule has 2 aromatic carbocycles. The molecule has 9 rings (SSSR count). The van der Waals surface area contributed by atoms with E-state index in [2.05, 4.69) is 90.7 Å². The smallest absolute Gasteiger partial charge is 0.224 e. The number of nitrogens with one attached hydrogen (secondary N) is 1. The molecule has 0 spiro atoms. The monoisotopic (exact) mass is 662 g/mol. The number of anilines is 1. The summed E-state index contributed by atoms with van der Waals surface area (Å²) in [6.07, 6.45) is 8.67. The number of amides is 1. The lowest BCUT2D eigenvalue weighted by Crippen LogP contribution is -2.52. The van der Waals surface area contributed by atoms with Crippen molar-refractivity contribution < 1.29 is 9.90 Å². The van der Waals surface area contributed by atoms with Gasteiger partial charge in [-0.15, -0.1) is 0 Å². The van der Waals surface area contributed by atoms with Gasteiger partial charge in [-0.3, -0.25) is 14.2 Å². The van der Waals surface area contributed by atoms with E-state index < -0.39 is 0 Å². The molecule has 4 bridgehead atoms. The van der Waals surface area contributed by atoms with Gasteiger partial charge in [0.1, 0.15) is 11.5 Å². The first kappa shape index (κ1) is 32.4. The van der Waals surface area contributed by atoms with Crippen LogP contribution in [0.4, 0.5) is 11.5 Å². The summed E-state index contributed by atoms with van der Waals surface area (Å²) >= 11 is 0. The normalized spacial score (nSPS) is 25.3. The maximum atomic E-state index is 13.5. The molecule has 1 aliphatic heterocycles. The number of hydrogen-bond donors (Lipinski definition) is 2. The highest BCUT2D eigenvalue weighted by Gasteiger charge is 2.51. The fourth-order valence-electron chi connectivity index (χ4n) is 10.1. The zero-order valence-electron chi connectivity index (χ0n) is 29.4. The van der Waals surface area contributed by atoms with Crippen LogP contribution in [-0.4, -0.2) is 90.6 Å². The molecule has 1 amide bonds. The van der Waals surface area contributed by atoms with Crippen molar-refractivity contribution in [2.45, 2.75) is 51.9 Å². The first-order valence-electron chi connectivity index (χ1n) is 18.4. The predicted molar refractivity (Wildman–Crippen MR) is 196 cm³/mol. The molecular weight excluding hydrogens is 610 g/mol. The van der Waals surface area contributed by atoms with Gasteiger partial charge in [0, 0.05) is 62.4 Å². The number of aliphatic hydroxyl groups is 1. The van der Waals surface area contributed by atoms with Crippen LogP contribution in [-0.2, 0) is 4.79 Å². The largest absolute Gasteiger partial charge is 0.395 e. The topological polar surface area (TPSA) is 86.0 Å². The number of β-amino-alcohol motifs (C(OH)–C–C–N with tert-alkyl or cyclic N) is 1. The number of benzene rings is 2. The van der Waals surface area contributed by atoms with E-state index in [-0.39, 0.29) is 17.9 Å². The summed E-state index contributed by atoms with van der Waals surface area (Å²) < 4.78 is 2.56. The molecular formula is C40H52N7O2+. The molecule has 4 aliphatic carbocycles. The van der Waals surface area contributed by atoms with Gasteiger partial charge in [0.15, 0.2) is 12.3 Å². The zero-order chi connectivity index (χ0) is 33.8. The van der Waals surface area contributed by atoms with E-state index in [4.69, 9.17) is 10.1 Å². The summed E-state index contributed by atoms with van der Waals surface area (Å²) in [6, 6.07) is 21.3. The van der Waals surface area contributed by atoms with Gasteiger partial charge in [-0.25, -0.2) is 4.98 Å². The Hall–Kier alpha value is -3.79. The van der Waals surface area contributed by atoms with E-state index in [9.17, 15) is 9.90 Å². The SMILES string of the molecule is Cc1nn2c(N3CCN(CCO)CC3)cc(-c3cccc([N+](C)(C)CNC(=O)CC45CC6CC(CC(C6)C4)C5)c3)nc2c1-c1ccccc1. The molecule has 0 atom stereocenters. The summed E-state index contributed by atoms with van der Waals surface area (Å²) in [7, 11) is 4.34. The van der Waals surface area contributed by atoms with Crippen molar-refractivity contribution in [2.24, 2.45) is 23.2 Å².